The summed E-state index contributed by atoms with van der Waals surface area (Å²) in [6, 6.07) is 8.09. The molecule has 0 amide bonds. The van der Waals surface area contributed by atoms with Crippen LogP contribution in [0.5, 0.6) is 5.75 Å². The SMILES string of the molecule is Cc1ccccc1OC/C=C/CN1CCOCC1. The van der Waals surface area contributed by atoms with E-state index in [1.807, 2.05) is 18.2 Å². The van der Waals surface area contributed by atoms with Crippen LogP contribution in [0, 0.1) is 6.92 Å². The van der Waals surface area contributed by atoms with Crippen LogP contribution in [0.25, 0.3) is 0 Å². The highest BCUT2D eigenvalue weighted by Crippen LogP contribution is 2.15. The Bertz CT molecular complexity index is 384. The predicted octanol–water partition coefficient (Wildman–Crippen LogP) is 2.26. The van der Waals surface area contributed by atoms with Gasteiger partial charge in [0.05, 0.1) is 13.2 Å². The molecule has 0 atom stereocenters. The van der Waals surface area contributed by atoms with Gasteiger partial charge in [0.25, 0.3) is 0 Å². The molecule has 3 nitrogen and oxygen atoms in total. The van der Waals surface area contributed by atoms with Crippen LogP contribution in [0.15, 0.2) is 36.4 Å². The molecule has 3 heteroatoms. The molecule has 1 aromatic rings. The highest BCUT2D eigenvalue weighted by Gasteiger charge is 2.07. The van der Waals surface area contributed by atoms with E-state index in [0.29, 0.717) is 6.61 Å². The Morgan fingerprint density at radius 3 is 2.78 bits per heavy atom. The Morgan fingerprint density at radius 1 is 1.22 bits per heavy atom. The van der Waals surface area contributed by atoms with E-state index in [2.05, 4.69) is 30.0 Å². The number of nitrogens with zero attached hydrogens (tertiary/aromatic N) is 1. The second kappa shape index (κ2) is 7.19. The van der Waals surface area contributed by atoms with Crippen molar-refractivity contribution < 1.29 is 9.47 Å². The van der Waals surface area contributed by atoms with Crippen molar-refractivity contribution in [2.24, 2.45) is 0 Å². The molecule has 0 saturated carbocycles. The van der Waals surface area contributed by atoms with Crippen molar-refractivity contribution in [1.29, 1.82) is 0 Å². The lowest BCUT2D eigenvalue weighted by Crippen LogP contribution is -2.36. The molecule has 1 fully saturated rings. The van der Waals surface area contributed by atoms with E-state index >= 15 is 0 Å². The van der Waals surface area contributed by atoms with Gasteiger partial charge in [0.2, 0.25) is 0 Å². The van der Waals surface area contributed by atoms with Crippen LogP contribution >= 0.6 is 0 Å². The van der Waals surface area contributed by atoms with Gasteiger partial charge >= 0.3 is 0 Å². The third kappa shape index (κ3) is 4.17. The predicted molar refractivity (Wildman–Crippen MR) is 73.1 cm³/mol. The first-order valence-corrected chi connectivity index (χ1v) is 6.50. The number of benzene rings is 1. The highest BCUT2D eigenvalue weighted by molar-refractivity contribution is 5.31. The van der Waals surface area contributed by atoms with E-state index in [1.165, 1.54) is 5.56 Å². The fourth-order valence-corrected chi connectivity index (χ4v) is 1.93. The van der Waals surface area contributed by atoms with Crippen LogP contribution in [0.1, 0.15) is 5.56 Å². The minimum Gasteiger partial charge on any atom is -0.489 e. The van der Waals surface area contributed by atoms with E-state index in [4.69, 9.17) is 9.47 Å². The lowest BCUT2D eigenvalue weighted by Gasteiger charge is -2.25. The summed E-state index contributed by atoms with van der Waals surface area (Å²) in [5, 5.41) is 0. The van der Waals surface area contributed by atoms with E-state index in [0.717, 1.165) is 38.6 Å². The molecular formula is C15H21NO2. The van der Waals surface area contributed by atoms with E-state index < -0.39 is 0 Å². The zero-order valence-corrected chi connectivity index (χ0v) is 11.0. The van der Waals surface area contributed by atoms with Gasteiger partial charge in [0, 0.05) is 19.6 Å². The molecule has 1 aromatic carbocycles. The second-order valence-electron chi connectivity index (χ2n) is 4.46. The monoisotopic (exact) mass is 247 g/mol. The summed E-state index contributed by atoms with van der Waals surface area (Å²) in [6.07, 6.45) is 4.26. The summed E-state index contributed by atoms with van der Waals surface area (Å²) in [7, 11) is 0. The summed E-state index contributed by atoms with van der Waals surface area (Å²) in [4.78, 5) is 2.38. The van der Waals surface area contributed by atoms with Gasteiger partial charge in [-0.1, -0.05) is 30.4 Å². The third-order valence-electron chi connectivity index (χ3n) is 3.06. The van der Waals surface area contributed by atoms with Gasteiger partial charge in [-0.05, 0) is 18.6 Å². The van der Waals surface area contributed by atoms with Crippen LogP contribution in [0.3, 0.4) is 0 Å². The average Bonchev–Trinajstić information content (AvgIpc) is 2.42. The normalized spacial score (nSPS) is 17.2. The van der Waals surface area contributed by atoms with E-state index in [-0.39, 0.29) is 0 Å². The average molecular weight is 247 g/mol. The van der Waals surface area contributed by atoms with Crippen molar-refractivity contribution in [3.8, 4) is 5.75 Å². The third-order valence-corrected chi connectivity index (χ3v) is 3.06. The second-order valence-corrected chi connectivity index (χ2v) is 4.46. The number of hydrogen-bond donors (Lipinski definition) is 0. The number of hydrogen-bond acceptors (Lipinski definition) is 3. The zero-order valence-electron chi connectivity index (χ0n) is 11.0. The smallest absolute Gasteiger partial charge is 0.122 e. The first-order valence-electron chi connectivity index (χ1n) is 6.50. The number of ether oxygens (including phenoxy) is 2. The minimum absolute atomic E-state index is 0.634. The number of para-hydroxylation sites is 1. The molecular weight excluding hydrogens is 226 g/mol. The molecule has 0 N–H and O–H groups in total. The van der Waals surface area contributed by atoms with Crippen LogP contribution in [0.2, 0.25) is 0 Å². The quantitative estimate of drug-likeness (QED) is 0.745. The maximum absolute atomic E-state index is 5.70. The van der Waals surface area contributed by atoms with Crippen LogP contribution in [0.4, 0.5) is 0 Å². The first-order chi connectivity index (χ1) is 8.86. The lowest BCUT2D eigenvalue weighted by molar-refractivity contribution is 0.0434. The lowest BCUT2D eigenvalue weighted by atomic mass is 10.2. The topological polar surface area (TPSA) is 21.7 Å². The molecule has 2 rings (SSSR count). The molecule has 1 heterocycles. The fraction of sp³-hybridized carbons (Fsp3) is 0.467. The van der Waals surface area contributed by atoms with E-state index in [9.17, 15) is 0 Å². The van der Waals surface area contributed by atoms with Gasteiger partial charge in [-0.2, -0.15) is 0 Å². The minimum atomic E-state index is 0.634. The van der Waals surface area contributed by atoms with Crippen LogP contribution < -0.4 is 4.74 Å². The molecule has 18 heavy (non-hydrogen) atoms. The molecule has 1 saturated heterocycles. The molecule has 98 valence electrons. The molecule has 0 aliphatic carbocycles. The molecule has 1 aliphatic heterocycles. The number of rotatable bonds is 5. The first kappa shape index (κ1) is 13.1. The summed E-state index contributed by atoms with van der Waals surface area (Å²) >= 11 is 0. The van der Waals surface area contributed by atoms with Crippen molar-refractivity contribution in [2.45, 2.75) is 6.92 Å². The maximum Gasteiger partial charge on any atom is 0.122 e. The van der Waals surface area contributed by atoms with Crippen LogP contribution in [-0.4, -0.2) is 44.4 Å². The molecule has 0 radical (unpaired) electrons. The van der Waals surface area contributed by atoms with Gasteiger partial charge in [-0.25, -0.2) is 0 Å². The van der Waals surface area contributed by atoms with Crippen molar-refractivity contribution in [3.05, 3.63) is 42.0 Å². The molecule has 0 bridgehead atoms. The fourth-order valence-electron chi connectivity index (χ4n) is 1.93. The highest BCUT2D eigenvalue weighted by atomic mass is 16.5. The standard InChI is InChI=1S/C15H21NO2/c1-14-6-2-3-7-15(14)18-11-5-4-8-16-9-12-17-13-10-16/h2-7H,8-13H2,1H3/b5-4+. The molecule has 0 aromatic heterocycles. The van der Waals surface area contributed by atoms with Crippen molar-refractivity contribution in [1.82, 2.24) is 4.90 Å². The Hall–Kier alpha value is -1.32. The largest absolute Gasteiger partial charge is 0.489 e. The van der Waals surface area contributed by atoms with Gasteiger partial charge in [-0.3, -0.25) is 4.90 Å². The Morgan fingerprint density at radius 2 is 2.00 bits per heavy atom. The number of aryl methyl sites for hydroxylation is 1. The Kier molecular flexibility index (Phi) is 5.24. The molecule has 1 aliphatic rings. The Balaban J connectivity index is 1.67. The Labute approximate surface area is 109 Å². The maximum atomic E-state index is 5.70. The van der Waals surface area contributed by atoms with Crippen molar-refractivity contribution in [3.63, 3.8) is 0 Å². The van der Waals surface area contributed by atoms with Gasteiger partial charge in [0.1, 0.15) is 12.4 Å². The summed E-state index contributed by atoms with van der Waals surface area (Å²) in [6.45, 7) is 7.45. The van der Waals surface area contributed by atoms with Gasteiger partial charge in [0.15, 0.2) is 0 Å². The molecule has 0 unspecified atom stereocenters. The van der Waals surface area contributed by atoms with Gasteiger partial charge < -0.3 is 9.47 Å². The summed E-state index contributed by atoms with van der Waals surface area (Å²) in [5.74, 6) is 0.966. The van der Waals surface area contributed by atoms with Crippen molar-refractivity contribution >= 4 is 0 Å². The zero-order chi connectivity index (χ0) is 12.6. The van der Waals surface area contributed by atoms with Crippen molar-refractivity contribution in [2.75, 3.05) is 39.5 Å². The van der Waals surface area contributed by atoms with Gasteiger partial charge in [-0.15, -0.1) is 0 Å². The van der Waals surface area contributed by atoms with E-state index in [1.54, 1.807) is 0 Å². The number of morpholine rings is 1. The van der Waals surface area contributed by atoms with Crippen LogP contribution in [-0.2, 0) is 4.74 Å². The summed E-state index contributed by atoms with van der Waals surface area (Å²) < 4.78 is 11.0. The summed E-state index contributed by atoms with van der Waals surface area (Å²) in [5.41, 5.74) is 1.18. The molecule has 0 spiro atoms.